The number of likely N-dealkylation sites (tertiary alicyclic amines) is 1. The van der Waals surface area contributed by atoms with Gasteiger partial charge in [0.2, 0.25) is 5.91 Å². The molecule has 7 nitrogen and oxygen atoms in total. The van der Waals surface area contributed by atoms with Gasteiger partial charge in [-0.25, -0.2) is 4.98 Å². The van der Waals surface area contributed by atoms with Crippen molar-refractivity contribution in [2.24, 2.45) is 0 Å². The van der Waals surface area contributed by atoms with Crippen LogP contribution in [0.2, 0.25) is 0 Å². The predicted octanol–water partition coefficient (Wildman–Crippen LogP) is 3.81. The summed E-state index contributed by atoms with van der Waals surface area (Å²) in [6.07, 6.45) is 2.93. The highest BCUT2D eigenvalue weighted by Crippen LogP contribution is 2.32. The fourth-order valence-corrected chi connectivity index (χ4v) is 4.62. The molecule has 0 spiro atoms. The number of aromatic nitrogens is 2. The molecule has 0 bridgehead atoms. The van der Waals surface area contributed by atoms with Gasteiger partial charge in [-0.15, -0.1) is 0 Å². The lowest BCUT2D eigenvalue weighted by atomic mass is 9.99. The van der Waals surface area contributed by atoms with Crippen molar-refractivity contribution in [1.29, 1.82) is 0 Å². The largest absolute Gasteiger partial charge is 0.493 e. The van der Waals surface area contributed by atoms with Crippen LogP contribution in [0.4, 0.5) is 0 Å². The Labute approximate surface area is 184 Å². The van der Waals surface area contributed by atoms with Gasteiger partial charge in [0.05, 0.1) is 32.4 Å². The molecule has 1 amide bonds. The number of methoxy groups -OCH3 is 2. The van der Waals surface area contributed by atoms with Gasteiger partial charge in [-0.05, 0) is 48.4 Å². The Kier molecular flexibility index (Phi) is 6.36. The fraction of sp³-hybridized carbons (Fsp3) is 0.348. The van der Waals surface area contributed by atoms with Crippen molar-refractivity contribution in [3.63, 3.8) is 0 Å². The van der Waals surface area contributed by atoms with Crippen molar-refractivity contribution in [1.82, 2.24) is 14.9 Å². The highest BCUT2D eigenvalue weighted by molar-refractivity contribution is 7.08. The third-order valence-corrected chi connectivity index (χ3v) is 6.20. The molecule has 1 aliphatic rings. The first-order chi connectivity index (χ1) is 15.1. The molecule has 0 radical (unpaired) electrons. The Morgan fingerprint density at radius 1 is 1.19 bits per heavy atom. The summed E-state index contributed by atoms with van der Waals surface area (Å²) in [5.74, 6) is 1.77. The van der Waals surface area contributed by atoms with E-state index in [1.54, 1.807) is 31.6 Å². The number of piperidine rings is 1. The second kappa shape index (κ2) is 9.34. The molecule has 31 heavy (non-hydrogen) atoms. The number of nitrogens with one attached hydrogen (secondary N) is 1. The molecule has 1 atom stereocenters. The summed E-state index contributed by atoms with van der Waals surface area (Å²) >= 11 is 1.56. The summed E-state index contributed by atoms with van der Waals surface area (Å²) in [4.78, 5) is 35.0. The summed E-state index contributed by atoms with van der Waals surface area (Å²) in [6, 6.07) is 8.70. The van der Waals surface area contributed by atoms with E-state index >= 15 is 0 Å². The van der Waals surface area contributed by atoms with Gasteiger partial charge >= 0.3 is 0 Å². The van der Waals surface area contributed by atoms with Crippen LogP contribution >= 0.6 is 11.3 Å². The van der Waals surface area contributed by atoms with Crippen LogP contribution in [0.5, 0.6) is 11.5 Å². The maximum Gasteiger partial charge on any atom is 0.251 e. The summed E-state index contributed by atoms with van der Waals surface area (Å²) in [7, 11) is 3.16. The van der Waals surface area contributed by atoms with Crippen LogP contribution in [0.25, 0.3) is 11.3 Å². The molecular formula is C23H25N3O4S. The maximum absolute atomic E-state index is 13.2. The van der Waals surface area contributed by atoms with Crippen LogP contribution in [0.3, 0.4) is 0 Å². The molecule has 1 saturated heterocycles. The smallest absolute Gasteiger partial charge is 0.251 e. The molecular weight excluding hydrogens is 414 g/mol. The molecule has 8 heteroatoms. The minimum atomic E-state index is -0.243. The van der Waals surface area contributed by atoms with Crippen molar-refractivity contribution < 1.29 is 14.3 Å². The lowest BCUT2D eigenvalue weighted by Gasteiger charge is -2.35. The standard InChI is InChI=1S/C23H25N3O4S/c1-29-19-7-6-15(11-20(19)30-2)12-22(28)26-9-4-3-5-18(26)23-24-17(13-21(27)25-23)16-8-10-31-14-16/h6-8,10-11,13-14,18H,3-5,9,12H2,1-2H3,(H,24,25,27). The van der Waals surface area contributed by atoms with Crippen LogP contribution in [0.15, 0.2) is 45.9 Å². The van der Waals surface area contributed by atoms with Crippen molar-refractivity contribution in [2.45, 2.75) is 31.7 Å². The first kappa shape index (κ1) is 21.1. The number of aromatic amines is 1. The zero-order valence-corrected chi connectivity index (χ0v) is 18.4. The zero-order chi connectivity index (χ0) is 21.8. The molecule has 162 valence electrons. The topological polar surface area (TPSA) is 84.5 Å². The Hall–Kier alpha value is -3.13. The van der Waals surface area contributed by atoms with E-state index in [-0.39, 0.29) is 23.9 Å². The zero-order valence-electron chi connectivity index (χ0n) is 17.6. The second-order valence-electron chi connectivity index (χ2n) is 7.49. The molecule has 1 aromatic carbocycles. The number of benzene rings is 1. The third kappa shape index (κ3) is 4.64. The number of nitrogens with zero attached hydrogens (tertiary/aromatic N) is 2. The first-order valence-electron chi connectivity index (χ1n) is 10.2. The van der Waals surface area contributed by atoms with Crippen LogP contribution in [0, 0.1) is 0 Å². The van der Waals surface area contributed by atoms with E-state index in [0.29, 0.717) is 29.6 Å². The number of carbonyl (C=O) groups excluding carboxylic acids is 1. The first-order valence-corrected chi connectivity index (χ1v) is 11.2. The van der Waals surface area contributed by atoms with Crippen LogP contribution < -0.4 is 15.0 Å². The van der Waals surface area contributed by atoms with Crippen molar-refractivity contribution >= 4 is 17.2 Å². The van der Waals surface area contributed by atoms with Gasteiger partial charge in [0.25, 0.3) is 5.56 Å². The summed E-state index contributed by atoms with van der Waals surface area (Å²) in [6.45, 7) is 0.642. The normalized spacial score (nSPS) is 16.2. The lowest BCUT2D eigenvalue weighted by molar-refractivity contribution is -0.134. The van der Waals surface area contributed by atoms with E-state index in [9.17, 15) is 9.59 Å². The van der Waals surface area contributed by atoms with Gasteiger partial charge < -0.3 is 19.4 Å². The number of thiophene rings is 1. The molecule has 1 N–H and O–H groups in total. The minimum absolute atomic E-state index is 0.000468. The van der Waals surface area contributed by atoms with E-state index in [1.807, 2.05) is 33.9 Å². The second-order valence-corrected chi connectivity index (χ2v) is 8.27. The highest BCUT2D eigenvalue weighted by atomic mass is 32.1. The van der Waals surface area contributed by atoms with E-state index in [1.165, 1.54) is 6.07 Å². The molecule has 1 unspecified atom stereocenters. The number of H-pyrrole nitrogens is 1. The van der Waals surface area contributed by atoms with E-state index in [2.05, 4.69) is 4.98 Å². The summed E-state index contributed by atoms with van der Waals surface area (Å²) < 4.78 is 10.6. The molecule has 1 aliphatic heterocycles. The van der Waals surface area contributed by atoms with Crippen LogP contribution in [-0.2, 0) is 11.2 Å². The number of rotatable bonds is 6. The Bertz CT molecular complexity index is 1110. The summed E-state index contributed by atoms with van der Waals surface area (Å²) in [5.41, 5.74) is 2.19. The van der Waals surface area contributed by atoms with Crippen molar-refractivity contribution in [3.8, 4) is 22.8 Å². The van der Waals surface area contributed by atoms with E-state index in [4.69, 9.17) is 14.5 Å². The van der Waals surface area contributed by atoms with Crippen molar-refractivity contribution in [2.75, 3.05) is 20.8 Å². The Morgan fingerprint density at radius 2 is 2.03 bits per heavy atom. The Balaban J connectivity index is 1.59. The number of amides is 1. The van der Waals surface area contributed by atoms with Gasteiger partial charge in [0.1, 0.15) is 5.82 Å². The molecule has 1 fully saturated rings. The molecule has 2 aromatic heterocycles. The van der Waals surface area contributed by atoms with Gasteiger partial charge in [-0.3, -0.25) is 9.59 Å². The molecule has 3 heterocycles. The number of ether oxygens (including phenoxy) is 2. The third-order valence-electron chi connectivity index (χ3n) is 5.52. The molecule has 0 saturated carbocycles. The SMILES string of the molecule is COc1ccc(CC(=O)N2CCCCC2c2nc(-c3ccsc3)cc(=O)[nH]2)cc1OC. The number of hydrogen-bond acceptors (Lipinski definition) is 6. The average Bonchev–Trinajstić information content (AvgIpc) is 3.33. The monoisotopic (exact) mass is 439 g/mol. The van der Waals surface area contributed by atoms with Gasteiger partial charge in [-0.2, -0.15) is 11.3 Å². The molecule has 0 aliphatic carbocycles. The summed E-state index contributed by atoms with van der Waals surface area (Å²) in [5, 5.41) is 3.92. The predicted molar refractivity (Wildman–Crippen MR) is 120 cm³/mol. The van der Waals surface area contributed by atoms with Crippen LogP contribution in [-0.4, -0.2) is 41.5 Å². The number of carbonyl (C=O) groups is 1. The Morgan fingerprint density at radius 3 is 2.77 bits per heavy atom. The minimum Gasteiger partial charge on any atom is -0.493 e. The van der Waals surface area contributed by atoms with Gasteiger partial charge in [-0.1, -0.05) is 6.07 Å². The van der Waals surface area contributed by atoms with E-state index in [0.717, 1.165) is 30.4 Å². The highest BCUT2D eigenvalue weighted by Gasteiger charge is 2.30. The molecule has 4 rings (SSSR count). The van der Waals surface area contributed by atoms with Crippen molar-refractivity contribution in [3.05, 3.63) is 62.8 Å². The maximum atomic E-state index is 13.2. The quantitative estimate of drug-likeness (QED) is 0.631. The fourth-order valence-electron chi connectivity index (χ4n) is 3.97. The van der Waals surface area contributed by atoms with E-state index < -0.39 is 0 Å². The number of hydrogen-bond donors (Lipinski definition) is 1. The molecule has 3 aromatic rings. The van der Waals surface area contributed by atoms with Gasteiger partial charge in [0, 0.05) is 23.6 Å². The van der Waals surface area contributed by atoms with Gasteiger partial charge in [0.15, 0.2) is 11.5 Å². The average molecular weight is 440 g/mol. The lowest BCUT2D eigenvalue weighted by Crippen LogP contribution is -2.40. The van der Waals surface area contributed by atoms with Crippen LogP contribution in [0.1, 0.15) is 36.7 Å².